The molecule has 1 N–H and O–H groups in total. The second kappa shape index (κ2) is 10.9. The third-order valence-electron chi connectivity index (χ3n) is 7.88. The highest BCUT2D eigenvalue weighted by molar-refractivity contribution is 7.91. The molecule has 43 heavy (non-hydrogen) atoms. The third kappa shape index (κ3) is 5.44. The van der Waals surface area contributed by atoms with Crippen molar-refractivity contribution in [1.82, 2.24) is 29.5 Å². The standard InChI is InChI=1S/C29H30F3N7O3S/c1-17-25(38(2)37-36-17)20-13-21-24(33-14-20)23-27(22(43(3,40)41)15-34-28(23)35-16-29(30,31)32)39(21)26(18-7-5-4-6-8-18)19-9-11-42-12-10-19/h4-8,13-15,19,26H,9-12,16H2,1-3H3,(H,34,35)/t26-/m1/s1. The molecule has 5 heterocycles. The van der Waals surface area contributed by atoms with Gasteiger partial charge in [0.2, 0.25) is 0 Å². The number of hydrogen-bond donors (Lipinski definition) is 1. The highest BCUT2D eigenvalue weighted by Crippen LogP contribution is 2.44. The number of nitrogens with zero attached hydrogens (tertiary/aromatic N) is 6. The summed E-state index contributed by atoms with van der Waals surface area (Å²) in [5.74, 6) is -0.0632. The van der Waals surface area contributed by atoms with Crippen molar-refractivity contribution in [2.45, 2.75) is 36.9 Å². The van der Waals surface area contributed by atoms with Crippen LogP contribution >= 0.6 is 0 Å². The topological polar surface area (TPSA) is 117 Å². The summed E-state index contributed by atoms with van der Waals surface area (Å²) in [6, 6.07) is 11.2. The van der Waals surface area contributed by atoms with Gasteiger partial charge in [-0.05, 0) is 37.3 Å². The van der Waals surface area contributed by atoms with Gasteiger partial charge in [-0.1, -0.05) is 35.5 Å². The molecule has 1 aliphatic rings. The van der Waals surface area contributed by atoms with Gasteiger partial charge in [0.1, 0.15) is 17.3 Å². The number of rotatable bonds is 7. The predicted octanol–water partition coefficient (Wildman–Crippen LogP) is 5.08. The van der Waals surface area contributed by atoms with Crippen LogP contribution in [-0.2, 0) is 21.6 Å². The first-order valence-corrected chi connectivity index (χ1v) is 15.7. The molecular formula is C29H30F3N7O3S. The van der Waals surface area contributed by atoms with E-state index in [-0.39, 0.29) is 33.6 Å². The van der Waals surface area contributed by atoms with Crippen LogP contribution in [0.25, 0.3) is 33.2 Å². The average Bonchev–Trinajstić information content (AvgIpc) is 3.48. The summed E-state index contributed by atoms with van der Waals surface area (Å²) >= 11 is 0. The minimum absolute atomic E-state index is 0.0332. The molecule has 5 aromatic rings. The van der Waals surface area contributed by atoms with Gasteiger partial charge in [-0.3, -0.25) is 4.98 Å². The first kappa shape index (κ1) is 29.1. The summed E-state index contributed by atoms with van der Waals surface area (Å²) in [6.45, 7) is 1.54. The molecule has 0 radical (unpaired) electrons. The Morgan fingerprint density at radius 3 is 2.47 bits per heavy atom. The van der Waals surface area contributed by atoms with Crippen molar-refractivity contribution in [1.29, 1.82) is 0 Å². The second-order valence-electron chi connectivity index (χ2n) is 10.8. The molecule has 226 valence electrons. The van der Waals surface area contributed by atoms with Gasteiger partial charge < -0.3 is 14.6 Å². The molecular weight excluding hydrogens is 583 g/mol. The lowest BCUT2D eigenvalue weighted by Crippen LogP contribution is -2.27. The average molecular weight is 614 g/mol. The summed E-state index contributed by atoms with van der Waals surface area (Å²) in [5, 5.41) is 10.9. The number of pyridine rings is 2. The van der Waals surface area contributed by atoms with E-state index in [9.17, 15) is 21.6 Å². The van der Waals surface area contributed by atoms with Crippen LogP contribution in [0.2, 0.25) is 0 Å². The lowest BCUT2D eigenvalue weighted by Gasteiger charge is -2.33. The normalized spacial score (nSPS) is 15.8. The number of alkyl halides is 3. The number of sulfone groups is 1. The zero-order valence-corrected chi connectivity index (χ0v) is 24.6. The Kier molecular flexibility index (Phi) is 7.37. The fourth-order valence-electron chi connectivity index (χ4n) is 6.08. The Morgan fingerprint density at radius 2 is 1.84 bits per heavy atom. The quantitative estimate of drug-likeness (QED) is 0.270. The maximum absolute atomic E-state index is 13.4. The van der Waals surface area contributed by atoms with E-state index in [0.717, 1.165) is 18.0 Å². The molecule has 10 nitrogen and oxygen atoms in total. The van der Waals surface area contributed by atoms with E-state index >= 15 is 0 Å². The maximum atomic E-state index is 13.4. The van der Waals surface area contributed by atoms with Crippen molar-refractivity contribution < 1.29 is 26.3 Å². The van der Waals surface area contributed by atoms with Gasteiger partial charge in [-0.15, -0.1) is 5.10 Å². The molecule has 0 spiro atoms. The Hall–Kier alpha value is -4.04. The van der Waals surface area contributed by atoms with Gasteiger partial charge >= 0.3 is 6.18 Å². The summed E-state index contributed by atoms with van der Waals surface area (Å²) in [5.41, 5.74) is 4.13. The minimum atomic E-state index is -4.53. The van der Waals surface area contributed by atoms with Crippen molar-refractivity contribution in [3.8, 4) is 11.3 Å². The number of benzene rings is 1. The van der Waals surface area contributed by atoms with Gasteiger partial charge in [-0.2, -0.15) is 13.2 Å². The van der Waals surface area contributed by atoms with Gasteiger partial charge in [0.05, 0.1) is 45.6 Å². The molecule has 0 bridgehead atoms. The van der Waals surface area contributed by atoms with Crippen molar-refractivity contribution in [2.24, 2.45) is 13.0 Å². The van der Waals surface area contributed by atoms with Crippen LogP contribution in [0.4, 0.5) is 19.0 Å². The number of aryl methyl sites for hydroxylation is 2. The molecule has 1 fully saturated rings. The van der Waals surface area contributed by atoms with E-state index in [0.29, 0.717) is 54.0 Å². The number of anilines is 1. The van der Waals surface area contributed by atoms with Crippen LogP contribution in [0, 0.1) is 12.8 Å². The molecule has 1 saturated heterocycles. The Labute approximate surface area is 245 Å². The van der Waals surface area contributed by atoms with E-state index in [1.807, 2.05) is 47.9 Å². The van der Waals surface area contributed by atoms with E-state index in [1.165, 1.54) is 0 Å². The van der Waals surface area contributed by atoms with E-state index in [2.05, 4.69) is 20.6 Å². The molecule has 14 heteroatoms. The lowest BCUT2D eigenvalue weighted by molar-refractivity contribution is -0.115. The number of fused-ring (bicyclic) bond motifs is 3. The first-order chi connectivity index (χ1) is 20.4. The Morgan fingerprint density at radius 1 is 1.12 bits per heavy atom. The zero-order valence-electron chi connectivity index (χ0n) is 23.8. The SMILES string of the molecule is Cc1nnn(C)c1-c1cnc2c3c(NCC(F)(F)F)ncc(S(C)(=O)=O)c3n([C@H](c3ccccc3)C3CCOCC3)c2c1. The summed E-state index contributed by atoms with van der Waals surface area (Å²) in [7, 11) is -2.12. The summed E-state index contributed by atoms with van der Waals surface area (Å²) in [4.78, 5) is 8.85. The van der Waals surface area contributed by atoms with E-state index in [1.54, 1.807) is 17.9 Å². The smallest absolute Gasteiger partial charge is 0.381 e. The second-order valence-corrected chi connectivity index (χ2v) is 12.8. The van der Waals surface area contributed by atoms with Crippen LogP contribution in [0.5, 0.6) is 0 Å². The van der Waals surface area contributed by atoms with Crippen LogP contribution in [0.15, 0.2) is 53.7 Å². The number of aromatic nitrogens is 6. The molecule has 1 aliphatic heterocycles. The van der Waals surface area contributed by atoms with Crippen LogP contribution in [0.3, 0.4) is 0 Å². The third-order valence-corrected chi connectivity index (χ3v) is 8.98. The minimum Gasteiger partial charge on any atom is -0.381 e. The van der Waals surface area contributed by atoms with Crippen LogP contribution < -0.4 is 5.32 Å². The largest absolute Gasteiger partial charge is 0.405 e. The van der Waals surface area contributed by atoms with Gasteiger partial charge in [0.25, 0.3) is 0 Å². The molecule has 0 amide bonds. The highest BCUT2D eigenvalue weighted by atomic mass is 32.2. The van der Waals surface area contributed by atoms with E-state index < -0.39 is 22.6 Å². The Bertz CT molecular complexity index is 1900. The monoisotopic (exact) mass is 613 g/mol. The van der Waals surface area contributed by atoms with Crippen molar-refractivity contribution in [3.63, 3.8) is 0 Å². The molecule has 6 rings (SSSR count). The van der Waals surface area contributed by atoms with Gasteiger partial charge in [0.15, 0.2) is 9.84 Å². The molecule has 0 saturated carbocycles. The van der Waals surface area contributed by atoms with Crippen molar-refractivity contribution in [3.05, 3.63) is 60.0 Å². The predicted molar refractivity (Wildman–Crippen MR) is 156 cm³/mol. The summed E-state index contributed by atoms with van der Waals surface area (Å²) < 4.78 is 75.9. The Balaban J connectivity index is 1.76. The fraction of sp³-hybridized carbons (Fsp3) is 0.379. The zero-order chi connectivity index (χ0) is 30.5. The van der Waals surface area contributed by atoms with Crippen LogP contribution in [-0.4, -0.2) is 70.1 Å². The maximum Gasteiger partial charge on any atom is 0.405 e. The summed E-state index contributed by atoms with van der Waals surface area (Å²) in [6.07, 6.45) is 0.692. The first-order valence-electron chi connectivity index (χ1n) is 13.8. The number of ether oxygens (including phenoxy) is 1. The molecule has 0 unspecified atom stereocenters. The van der Waals surface area contributed by atoms with E-state index in [4.69, 9.17) is 9.72 Å². The molecule has 1 aromatic carbocycles. The fourth-order valence-corrected chi connectivity index (χ4v) is 6.87. The highest BCUT2D eigenvalue weighted by Gasteiger charge is 2.34. The number of nitrogens with one attached hydrogen (secondary N) is 1. The van der Waals surface area contributed by atoms with Crippen LogP contribution in [0.1, 0.15) is 30.1 Å². The van der Waals surface area contributed by atoms with Crippen molar-refractivity contribution in [2.75, 3.05) is 31.3 Å². The number of halogens is 3. The lowest BCUT2D eigenvalue weighted by atomic mass is 9.86. The molecule has 4 aromatic heterocycles. The molecule has 1 atom stereocenters. The van der Waals surface area contributed by atoms with Gasteiger partial charge in [-0.25, -0.2) is 18.1 Å². The molecule has 0 aliphatic carbocycles. The number of hydrogen-bond acceptors (Lipinski definition) is 8. The van der Waals surface area contributed by atoms with Gasteiger partial charge in [0, 0.05) is 38.3 Å². The van der Waals surface area contributed by atoms with Crippen molar-refractivity contribution >= 4 is 37.6 Å².